The molecule has 1 N–H and O–H groups in total. The Morgan fingerprint density at radius 3 is 2.80 bits per heavy atom. The van der Waals surface area contributed by atoms with Crippen LogP contribution in [0.15, 0.2) is 48.6 Å². The van der Waals surface area contributed by atoms with Crippen molar-refractivity contribution in [2.24, 2.45) is 5.92 Å². The zero-order valence-electron chi connectivity index (χ0n) is 17.4. The lowest BCUT2D eigenvalue weighted by Gasteiger charge is -2.56. The van der Waals surface area contributed by atoms with Crippen LogP contribution in [-0.4, -0.2) is 49.0 Å². The summed E-state index contributed by atoms with van der Waals surface area (Å²) in [5.41, 5.74) is 3.57. The first kappa shape index (κ1) is 18.3. The fourth-order valence-electron chi connectivity index (χ4n) is 6.22. The Hall–Kier alpha value is -2.50. The molecule has 2 aromatic rings. The minimum absolute atomic E-state index is 0.145. The van der Waals surface area contributed by atoms with Gasteiger partial charge in [0.15, 0.2) is 11.5 Å². The summed E-state index contributed by atoms with van der Waals surface area (Å²) >= 11 is 0. The molecule has 2 heterocycles. The van der Waals surface area contributed by atoms with Gasteiger partial charge in [-0.05, 0) is 55.8 Å². The molecule has 2 aromatic carbocycles. The van der Waals surface area contributed by atoms with Gasteiger partial charge in [-0.2, -0.15) is 0 Å². The Balaban J connectivity index is 1.39. The summed E-state index contributed by atoms with van der Waals surface area (Å²) in [6, 6.07) is 12.6. The van der Waals surface area contributed by atoms with Gasteiger partial charge in [-0.25, -0.2) is 0 Å². The molecule has 1 spiro atoms. The van der Waals surface area contributed by atoms with E-state index in [1.807, 2.05) is 36.4 Å². The van der Waals surface area contributed by atoms with Gasteiger partial charge in [0.05, 0.1) is 7.11 Å². The number of methoxy groups -OCH3 is 1. The average molecular weight is 405 g/mol. The van der Waals surface area contributed by atoms with Crippen LogP contribution in [0.1, 0.15) is 23.1 Å². The summed E-state index contributed by atoms with van der Waals surface area (Å²) in [6.45, 7) is 1.49. The van der Waals surface area contributed by atoms with Crippen LogP contribution in [0.5, 0.6) is 17.2 Å². The molecule has 5 atom stereocenters. The van der Waals surface area contributed by atoms with Crippen molar-refractivity contribution in [1.29, 1.82) is 0 Å². The number of aliphatic hydroxyl groups is 1. The second-order valence-electron chi connectivity index (χ2n) is 9.05. The fraction of sp³-hybridized carbons (Fsp3) is 0.440. The van der Waals surface area contributed by atoms with Gasteiger partial charge in [-0.3, -0.25) is 0 Å². The summed E-state index contributed by atoms with van der Waals surface area (Å²) in [4.78, 5) is 2.48. The van der Waals surface area contributed by atoms with E-state index in [1.165, 1.54) is 11.1 Å². The number of aliphatic hydroxyl groups excluding tert-OH is 1. The molecule has 156 valence electrons. The largest absolute Gasteiger partial charge is 0.497 e. The maximum atomic E-state index is 10.8. The minimum atomic E-state index is -0.585. The first-order chi connectivity index (χ1) is 14.6. The average Bonchev–Trinajstić information content (AvgIpc) is 3.13. The monoisotopic (exact) mass is 405 g/mol. The van der Waals surface area contributed by atoms with Crippen molar-refractivity contribution in [2.45, 2.75) is 43.1 Å². The summed E-state index contributed by atoms with van der Waals surface area (Å²) in [6.07, 6.45) is 5.38. The summed E-state index contributed by atoms with van der Waals surface area (Å²) < 4.78 is 18.0. The highest BCUT2D eigenvalue weighted by molar-refractivity contribution is 5.62. The highest BCUT2D eigenvalue weighted by Crippen LogP contribution is 2.62. The number of hydrogen-bond donors (Lipinski definition) is 1. The number of piperidine rings is 1. The van der Waals surface area contributed by atoms with Crippen LogP contribution in [0.3, 0.4) is 0 Å². The van der Waals surface area contributed by atoms with Gasteiger partial charge in [-0.15, -0.1) is 0 Å². The van der Waals surface area contributed by atoms with Gasteiger partial charge in [0.1, 0.15) is 24.6 Å². The van der Waals surface area contributed by atoms with Crippen molar-refractivity contribution in [3.05, 3.63) is 65.2 Å². The van der Waals surface area contributed by atoms with E-state index in [-0.39, 0.29) is 11.5 Å². The van der Waals surface area contributed by atoms with E-state index in [0.29, 0.717) is 18.6 Å². The number of rotatable bonds is 4. The van der Waals surface area contributed by atoms with E-state index in [0.717, 1.165) is 42.2 Å². The number of likely N-dealkylation sites (N-methyl/N-ethyl adjacent to an activating group) is 1. The van der Waals surface area contributed by atoms with E-state index in [4.69, 9.17) is 14.2 Å². The first-order valence-corrected chi connectivity index (χ1v) is 10.8. The Bertz CT molecular complexity index is 1020. The van der Waals surface area contributed by atoms with Crippen molar-refractivity contribution in [1.82, 2.24) is 4.90 Å². The van der Waals surface area contributed by atoms with Crippen LogP contribution in [0.2, 0.25) is 0 Å². The van der Waals surface area contributed by atoms with E-state index < -0.39 is 6.10 Å². The molecule has 30 heavy (non-hydrogen) atoms. The third kappa shape index (κ3) is 2.36. The standard InChI is InChI=1S/C25H27NO4/c1-26-12-11-25-18-8-9-20(27)24(25)30-23-21(10-5-16(22(23)25)13-19(18)26)29-14-15-3-6-17(28-2)7-4-15/h3-10,18-20,24,27H,11-14H2,1-2H3/t18-,19+,20-,24-,25-/m0/s1. The second-order valence-corrected chi connectivity index (χ2v) is 9.05. The molecule has 0 saturated carbocycles. The van der Waals surface area contributed by atoms with Crippen LogP contribution < -0.4 is 14.2 Å². The fourth-order valence-corrected chi connectivity index (χ4v) is 6.22. The van der Waals surface area contributed by atoms with Gasteiger partial charge >= 0.3 is 0 Å². The van der Waals surface area contributed by atoms with Crippen molar-refractivity contribution in [3.8, 4) is 17.2 Å². The Morgan fingerprint density at radius 2 is 2.00 bits per heavy atom. The Labute approximate surface area is 176 Å². The van der Waals surface area contributed by atoms with E-state index in [9.17, 15) is 5.11 Å². The number of hydrogen-bond acceptors (Lipinski definition) is 5. The normalized spacial score (nSPS) is 33.0. The van der Waals surface area contributed by atoms with Gasteiger partial charge in [0.2, 0.25) is 0 Å². The topological polar surface area (TPSA) is 51.2 Å². The van der Waals surface area contributed by atoms with E-state index in [2.05, 4.69) is 24.1 Å². The smallest absolute Gasteiger partial charge is 0.166 e. The first-order valence-electron chi connectivity index (χ1n) is 10.8. The predicted molar refractivity (Wildman–Crippen MR) is 113 cm³/mol. The zero-order chi connectivity index (χ0) is 20.5. The van der Waals surface area contributed by atoms with Crippen molar-refractivity contribution >= 4 is 0 Å². The van der Waals surface area contributed by atoms with E-state index in [1.54, 1.807) is 7.11 Å². The lowest BCUT2D eigenvalue weighted by molar-refractivity contribution is -0.0454. The molecule has 0 amide bonds. The summed E-state index contributed by atoms with van der Waals surface area (Å²) in [7, 11) is 3.89. The third-order valence-electron chi connectivity index (χ3n) is 7.69. The van der Waals surface area contributed by atoms with Gasteiger partial charge < -0.3 is 24.2 Å². The number of likely N-dealkylation sites (tertiary alicyclic amines) is 1. The molecule has 0 aromatic heterocycles. The predicted octanol–water partition coefficient (Wildman–Crippen LogP) is 3.08. The molecule has 0 radical (unpaired) electrons. The molecule has 5 heteroatoms. The quantitative estimate of drug-likeness (QED) is 0.793. The highest BCUT2D eigenvalue weighted by Gasteiger charge is 2.64. The van der Waals surface area contributed by atoms with Crippen molar-refractivity contribution < 1.29 is 19.3 Å². The van der Waals surface area contributed by atoms with Crippen molar-refractivity contribution in [3.63, 3.8) is 0 Å². The molecule has 2 bridgehead atoms. The van der Waals surface area contributed by atoms with Crippen LogP contribution in [0, 0.1) is 5.92 Å². The molecule has 4 aliphatic rings. The Morgan fingerprint density at radius 1 is 1.17 bits per heavy atom. The lowest BCUT2D eigenvalue weighted by atomic mass is 9.53. The van der Waals surface area contributed by atoms with Gasteiger partial charge in [-0.1, -0.05) is 30.4 Å². The van der Waals surface area contributed by atoms with Crippen LogP contribution in [-0.2, 0) is 18.4 Å². The minimum Gasteiger partial charge on any atom is -0.497 e. The molecule has 1 fully saturated rings. The van der Waals surface area contributed by atoms with Gasteiger partial charge in [0, 0.05) is 22.9 Å². The molecule has 1 saturated heterocycles. The number of nitrogens with zero attached hydrogens (tertiary/aromatic N) is 1. The molecular weight excluding hydrogens is 378 g/mol. The Kier molecular flexibility index (Phi) is 3.96. The van der Waals surface area contributed by atoms with E-state index >= 15 is 0 Å². The molecular formula is C25H27NO4. The third-order valence-corrected chi connectivity index (χ3v) is 7.69. The highest BCUT2D eigenvalue weighted by atomic mass is 16.5. The number of ether oxygens (including phenoxy) is 3. The molecule has 0 unspecified atom stereocenters. The van der Waals surface area contributed by atoms with Crippen LogP contribution in [0.4, 0.5) is 0 Å². The molecule has 2 aliphatic heterocycles. The summed E-state index contributed by atoms with van der Waals surface area (Å²) in [5.74, 6) is 2.83. The van der Waals surface area contributed by atoms with Crippen LogP contribution in [0.25, 0.3) is 0 Å². The van der Waals surface area contributed by atoms with Crippen LogP contribution >= 0.6 is 0 Å². The maximum Gasteiger partial charge on any atom is 0.166 e. The summed E-state index contributed by atoms with van der Waals surface area (Å²) in [5, 5.41) is 10.8. The molecule has 6 rings (SSSR count). The van der Waals surface area contributed by atoms with Gasteiger partial charge in [0.25, 0.3) is 0 Å². The van der Waals surface area contributed by atoms with Crippen molar-refractivity contribution in [2.75, 3.05) is 20.7 Å². The second kappa shape index (κ2) is 6.50. The SMILES string of the molecule is COc1ccc(COc2ccc3c4c2O[C@H]2[C@@H](O)C=C[C@H]5[C@@H](C3)N(C)CC[C@@]452)cc1. The molecule has 2 aliphatic carbocycles. The maximum absolute atomic E-state index is 10.8. The number of benzene rings is 2. The zero-order valence-corrected chi connectivity index (χ0v) is 17.4. The lowest BCUT2D eigenvalue weighted by Crippen LogP contribution is -2.64. The molecule has 5 nitrogen and oxygen atoms in total.